The van der Waals surface area contributed by atoms with Gasteiger partial charge in [0.15, 0.2) is 0 Å². The van der Waals surface area contributed by atoms with Gasteiger partial charge in [-0.05, 0) is 53.8 Å². The summed E-state index contributed by atoms with van der Waals surface area (Å²) in [5.74, 6) is -0.845. The second-order valence-electron chi connectivity index (χ2n) is 10.9. The molecule has 43 heavy (non-hydrogen) atoms. The Morgan fingerprint density at radius 1 is 0.953 bits per heavy atom. The van der Waals surface area contributed by atoms with Gasteiger partial charge in [0.25, 0.3) is 0 Å². The van der Waals surface area contributed by atoms with E-state index in [2.05, 4.69) is 15.8 Å². The fourth-order valence-corrected chi connectivity index (χ4v) is 6.47. The third kappa shape index (κ3) is 8.66. The van der Waals surface area contributed by atoms with Crippen molar-refractivity contribution in [3.63, 3.8) is 0 Å². The minimum absolute atomic E-state index is 0.0247. The normalized spacial score (nSPS) is 13.2. The number of nitrogens with one attached hydrogen (secondary N) is 3. The molecule has 0 saturated heterocycles. The summed E-state index contributed by atoms with van der Waals surface area (Å²) in [4.78, 5) is 32.3. The minimum Gasteiger partial charge on any atom is -0.390 e. The number of fused-ring (bicyclic) bond motifs is 1. The molecule has 0 aliphatic carbocycles. The van der Waals surface area contributed by atoms with Crippen LogP contribution in [-0.4, -0.2) is 59.9 Å². The van der Waals surface area contributed by atoms with Gasteiger partial charge in [-0.15, -0.1) is 0 Å². The summed E-state index contributed by atoms with van der Waals surface area (Å²) >= 11 is 0. The van der Waals surface area contributed by atoms with Crippen molar-refractivity contribution in [2.24, 2.45) is 5.92 Å². The number of hydrogen-bond acceptors (Lipinski definition) is 7. The van der Waals surface area contributed by atoms with Crippen molar-refractivity contribution < 1.29 is 28.0 Å². The van der Waals surface area contributed by atoms with Crippen LogP contribution >= 0.6 is 0 Å². The molecule has 0 bridgehead atoms. The quantitative estimate of drug-likeness (QED) is 0.159. The highest BCUT2D eigenvalue weighted by Gasteiger charge is 2.31. The predicted octanol–water partition coefficient (Wildman–Crippen LogP) is 4.04. The molecule has 1 heterocycles. The number of aromatic amines is 1. The van der Waals surface area contributed by atoms with E-state index in [4.69, 9.17) is 4.84 Å². The Balaban J connectivity index is 1.54. The summed E-state index contributed by atoms with van der Waals surface area (Å²) in [5, 5.41) is 15.4. The van der Waals surface area contributed by atoms with Gasteiger partial charge < -0.3 is 20.2 Å². The summed E-state index contributed by atoms with van der Waals surface area (Å²) in [5.41, 5.74) is 5.52. The van der Waals surface area contributed by atoms with Crippen molar-refractivity contribution in [2.45, 2.75) is 50.7 Å². The highest BCUT2D eigenvalue weighted by molar-refractivity contribution is 7.89. The second kappa shape index (κ2) is 14.3. The van der Waals surface area contributed by atoms with Crippen molar-refractivity contribution in [3.05, 3.63) is 96.2 Å². The van der Waals surface area contributed by atoms with Crippen LogP contribution in [0.25, 0.3) is 10.9 Å². The fraction of sp³-hybridized carbons (Fsp3) is 0.312. The van der Waals surface area contributed by atoms with E-state index in [0.717, 1.165) is 22.0 Å². The molecule has 0 aliphatic heterocycles. The smallest absolute Gasteiger partial charge is 0.329 e. The van der Waals surface area contributed by atoms with E-state index >= 15 is 0 Å². The Kier molecular flexibility index (Phi) is 10.6. The molecular weight excluding hydrogens is 568 g/mol. The monoisotopic (exact) mass is 606 g/mol. The summed E-state index contributed by atoms with van der Waals surface area (Å²) in [7, 11) is -4.02. The highest BCUT2D eigenvalue weighted by atomic mass is 32.2. The lowest BCUT2D eigenvalue weighted by molar-refractivity contribution is -0.138. The Morgan fingerprint density at radius 2 is 1.63 bits per heavy atom. The van der Waals surface area contributed by atoms with Crippen LogP contribution in [0.4, 0.5) is 5.69 Å². The van der Waals surface area contributed by atoms with E-state index < -0.39 is 28.1 Å². The van der Waals surface area contributed by atoms with Gasteiger partial charge in [0.2, 0.25) is 15.9 Å². The van der Waals surface area contributed by atoms with Crippen LogP contribution in [0.15, 0.2) is 90.0 Å². The number of sulfonamides is 1. The number of H-pyrrole nitrogens is 1. The van der Waals surface area contributed by atoms with E-state index in [1.807, 2.05) is 68.4 Å². The molecule has 0 radical (unpaired) electrons. The van der Waals surface area contributed by atoms with Crippen LogP contribution in [-0.2, 0) is 37.3 Å². The summed E-state index contributed by atoms with van der Waals surface area (Å²) < 4.78 is 28.7. The number of carbonyl (C=O) groups is 2. The molecule has 10 nitrogen and oxygen atoms in total. The third-order valence-corrected chi connectivity index (χ3v) is 8.75. The fourth-order valence-electron chi connectivity index (χ4n) is 4.85. The number of benzene rings is 3. The maximum absolute atomic E-state index is 13.7. The van der Waals surface area contributed by atoms with Gasteiger partial charge in [0.05, 0.1) is 29.1 Å². The topological polar surface area (TPSA) is 141 Å². The zero-order valence-corrected chi connectivity index (χ0v) is 25.3. The van der Waals surface area contributed by atoms with Crippen molar-refractivity contribution in [2.75, 3.05) is 18.6 Å². The van der Waals surface area contributed by atoms with E-state index in [1.54, 1.807) is 6.20 Å². The maximum Gasteiger partial charge on any atom is 0.329 e. The third-order valence-electron chi connectivity index (χ3n) is 6.90. The first-order valence-corrected chi connectivity index (χ1v) is 15.6. The standard InChI is InChI=1S/C32H38N4O6S/c1-22(2)20-36(43(40,41)27-15-13-26(14-16-27)35-42-23(3)37)21-31(38)30(17-24-9-5-4-6-10-24)34-32(39)18-25-19-33-29-12-8-7-11-28(25)29/h4-16,19,22,30-31,33,35,38H,17-18,20-21H2,1-3H3,(H,34,39)/t30-,31+/m0/s1. The molecule has 0 spiro atoms. The second-order valence-corrected chi connectivity index (χ2v) is 12.8. The molecule has 1 aromatic heterocycles. The van der Waals surface area contributed by atoms with E-state index in [-0.39, 0.29) is 36.2 Å². The Bertz CT molecular complexity index is 1620. The minimum atomic E-state index is -4.02. The van der Waals surface area contributed by atoms with E-state index in [0.29, 0.717) is 12.1 Å². The van der Waals surface area contributed by atoms with Gasteiger partial charge in [-0.25, -0.2) is 13.9 Å². The Labute approximate surface area is 252 Å². The van der Waals surface area contributed by atoms with Gasteiger partial charge in [0.1, 0.15) is 0 Å². The molecule has 4 aromatic rings. The first kappa shape index (κ1) is 31.7. The molecule has 4 rings (SSSR count). The number of aromatic nitrogens is 1. The lowest BCUT2D eigenvalue weighted by Gasteiger charge is -2.31. The first-order valence-electron chi connectivity index (χ1n) is 14.1. The number of para-hydroxylation sites is 1. The molecule has 3 aromatic carbocycles. The number of aliphatic hydroxyl groups excluding tert-OH is 1. The average Bonchev–Trinajstić information content (AvgIpc) is 3.38. The van der Waals surface area contributed by atoms with Gasteiger partial charge in [0, 0.05) is 37.1 Å². The number of amides is 1. The maximum atomic E-state index is 13.7. The number of aliphatic hydroxyl groups is 1. The van der Waals surface area contributed by atoms with Crippen LogP contribution < -0.4 is 10.8 Å². The summed E-state index contributed by atoms with van der Waals surface area (Å²) in [6, 6.07) is 22.2. The van der Waals surface area contributed by atoms with Gasteiger partial charge in [-0.2, -0.15) is 4.31 Å². The summed E-state index contributed by atoms with van der Waals surface area (Å²) in [6.07, 6.45) is 1.01. The summed E-state index contributed by atoms with van der Waals surface area (Å²) in [6.45, 7) is 4.97. The molecule has 0 saturated carbocycles. The van der Waals surface area contributed by atoms with Crippen molar-refractivity contribution in [3.8, 4) is 0 Å². The van der Waals surface area contributed by atoms with Gasteiger partial charge >= 0.3 is 5.97 Å². The molecule has 228 valence electrons. The Morgan fingerprint density at radius 3 is 2.30 bits per heavy atom. The Hall–Kier alpha value is -4.19. The average molecular weight is 607 g/mol. The van der Waals surface area contributed by atoms with Crippen LogP contribution in [0.1, 0.15) is 31.9 Å². The van der Waals surface area contributed by atoms with Crippen molar-refractivity contribution in [1.82, 2.24) is 14.6 Å². The zero-order chi connectivity index (χ0) is 31.0. The predicted molar refractivity (Wildman–Crippen MR) is 166 cm³/mol. The molecule has 0 unspecified atom stereocenters. The molecule has 1 amide bonds. The van der Waals surface area contributed by atoms with E-state index in [1.165, 1.54) is 35.5 Å². The number of rotatable bonds is 14. The molecule has 0 fully saturated rings. The lowest BCUT2D eigenvalue weighted by atomic mass is 10.00. The molecule has 0 aliphatic rings. The molecule has 11 heteroatoms. The van der Waals surface area contributed by atoms with E-state index in [9.17, 15) is 23.1 Å². The number of anilines is 1. The van der Waals surface area contributed by atoms with Crippen LogP contribution in [0, 0.1) is 5.92 Å². The highest BCUT2D eigenvalue weighted by Crippen LogP contribution is 2.22. The molecular formula is C32H38N4O6S. The lowest BCUT2D eigenvalue weighted by Crippen LogP contribution is -2.51. The van der Waals surface area contributed by atoms with Gasteiger partial charge in [-0.1, -0.05) is 62.4 Å². The first-order chi connectivity index (χ1) is 20.5. The number of hydrogen-bond donors (Lipinski definition) is 4. The van der Waals surface area contributed by atoms with Crippen LogP contribution in [0.2, 0.25) is 0 Å². The van der Waals surface area contributed by atoms with Crippen molar-refractivity contribution >= 4 is 38.5 Å². The van der Waals surface area contributed by atoms with Gasteiger partial charge in [-0.3, -0.25) is 9.59 Å². The number of carbonyl (C=O) groups excluding carboxylic acids is 2. The molecule has 2 atom stereocenters. The van der Waals surface area contributed by atoms with Crippen molar-refractivity contribution in [1.29, 1.82) is 0 Å². The number of nitrogens with zero attached hydrogens (tertiary/aromatic N) is 1. The zero-order valence-electron chi connectivity index (χ0n) is 24.5. The van der Waals surface area contributed by atoms with Crippen LogP contribution in [0.3, 0.4) is 0 Å². The molecule has 4 N–H and O–H groups in total. The SMILES string of the molecule is CC(=O)ONc1ccc(S(=O)(=O)N(CC(C)C)C[C@@H](O)[C@H](Cc2ccccc2)NC(=O)Cc2c[nH]c3ccccc23)cc1. The van der Waals surface area contributed by atoms with Crippen LogP contribution in [0.5, 0.6) is 0 Å². The largest absolute Gasteiger partial charge is 0.390 e.